The lowest BCUT2D eigenvalue weighted by atomic mass is 10.3. The van der Waals surface area contributed by atoms with Gasteiger partial charge in [0.05, 0.1) is 6.67 Å². The quantitative estimate of drug-likeness (QED) is 0.624. The maximum Gasteiger partial charge on any atom is 0.0997 e. The highest BCUT2D eigenvalue weighted by Crippen LogP contribution is 2.08. The lowest BCUT2D eigenvalue weighted by Gasteiger charge is -2.16. The molecule has 0 aromatic heterocycles. The topological polar surface area (TPSA) is 6.48 Å². The smallest absolute Gasteiger partial charge is 0.0997 e. The second-order valence-corrected chi connectivity index (χ2v) is 3.06. The van der Waals surface area contributed by atoms with Crippen molar-refractivity contribution in [2.75, 3.05) is 13.2 Å². The van der Waals surface area contributed by atoms with Crippen LogP contribution < -0.4 is 0 Å². The van der Waals surface area contributed by atoms with Gasteiger partial charge >= 0.3 is 0 Å². The van der Waals surface area contributed by atoms with Crippen molar-refractivity contribution in [1.29, 1.82) is 0 Å². The molecule has 0 saturated carbocycles. The second kappa shape index (κ2) is 3.76. The molecule has 0 unspecified atom stereocenters. The van der Waals surface area contributed by atoms with Crippen LogP contribution in [0.4, 0.5) is 0 Å². The van der Waals surface area contributed by atoms with Crippen molar-refractivity contribution < 1.29 is 0 Å². The minimum absolute atomic E-state index is 0.934. The van der Waals surface area contributed by atoms with Crippen LogP contribution in [0.3, 0.4) is 0 Å². The van der Waals surface area contributed by atoms with Crippen LogP contribution in [0.5, 0.6) is 0 Å². The Morgan fingerprint density at radius 2 is 2.30 bits per heavy atom. The number of thiol groups is 1. The van der Waals surface area contributed by atoms with Crippen molar-refractivity contribution in [3.63, 3.8) is 0 Å². The van der Waals surface area contributed by atoms with Crippen LogP contribution in [-0.2, 0) is 0 Å². The molecule has 0 aromatic carbocycles. The van der Waals surface area contributed by atoms with E-state index in [4.69, 9.17) is 0 Å². The average molecular weight is 158 g/mol. The fraction of sp³-hybridized carbons (Fsp3) is 0.714. The molecule has 1 heterocycles. The van der Waals surface area contributed by atoms with Crippen LogP contribution in [-0.4, -0.2) is 22.4 Å². The standard InChI is InChI=1S/C7H14N2S/c1-2-3-4-8-5-6-9(10)7-8/h5-6,10H,2-4,7H2,1H3. The molecular weight excluding hydrogens is 144 g/mol. The number of unbranched alkanes of at least 4 members (excludes halogenated alkanes) is 1. The molecule has 58 valence electrons. The Hall–Kier alpha value is -0.310. The fourth-order valence-corrected chi connectivity index (χ4v) is 1.18. The third-order valence-electron chi connectivity index (χ3n) is 1.57. The van der Waals surface area contributed by atoms with E-state index in [9.17, 15) is 0 Å². The molecule has 0 saturated heterocycles. The third kappa shape index (κ3) is 2.14. The summed E-state index contributed by atoms with van der Waals surface area (Å²) in [5.41, 5.74) is 0. The summed E-state index contributed by atoms with van der Waals surface area (Å²) in [4.78, 5) is 2.26. The number of hydrogen-bond donors (Lipinski definition) is 1. The van der Waals surface area contributed by atoms with Crippen molar-refractivity contribution in [1.82, 2.24) is 9.21 Å². The summed E-state index contributed by atoms with van der Waals surface area (Å²) in [5.74, 6) is 0. The number of hydrogen-bond acceptors (Lipinski definition) is 3. The van der Waals surface area contributed by atoms with E-state index in [1.54, 1.807) is 0 Å². The van der Waals surface area contributed by atoms with E-state index in [1.807, 2.05) is 10.5 Å². The van der Waals surface area contributed by atoms with Gasteiger partial charge in [-0.2, -0.15) is 0 Å². The minimum Gasteiger partial charge on any atom is -0.358 e. The molecule has 1 rings (SSSR count). The van der Waals surface area contributed by atoms with Crippen molar-refractivity contribution in [3.8, 4) is 0 Å². The van der Waals surface area contributed by atoms with Gasteiger partial charge in [-0.15, -0.1) is 0 Å². The zero-order valence-electron chi connectivity index (χ0n) is 6.32. The molecule has 0 fully saturated rings. The molecule has 3 heteroatoms. The van der Waals surface area contributed by atoms with E-state index in [2.05, 4.69) is 30.8 Å². The average Bonchev–Trinajstić information content (AvgIpc) is 2.31. The first-order chi connectivity index (χ1) is 4.83. The molecule has 2 nitrogen and oxygen atoms in total. The Kier molecular flexibility index (Phi) is 2.93. The number of rotatable bonds is 3. The molecule has 0 spiro atoms. The van der Waals surface area contributed by atoms with Crippen molar-refractivity contribution >= 4 is 12.8 Å². The fourth-order valence-electron chi connectivity index (χ4n) is 0.958. The summed E-state index contributed by atoms with van der Waals surface area (Å²) in [6.45, 7) is 4.30. The zero-order valence-corrected chi connectivity index (χ0v) is 7.22. The van der Waals surface area contributed by atoms with Crippen LogP contribution >= 0.6 is 12.8 Å². The summed E-state index contributed by atoms with van der Waals surface area (Å²) in [5, 5.41) is 0. The molecule has 0 aliphatic carbocycles. The molecule has 1 aliphatic heterocycles. The Labute approximate surface area is 68.0 Å². The van der Waals surface area contributed by atoms with E-state index < -0.39 is 0 Å². The second-order valence-electron chi connectivity index (χ2n) is 2.54. The first-order valence-electron chi connectivity index (χ1n) is 3.71. The molecule has 0 amide bonds. The van der Waals surface area contributed by atoms with Gasteiger partial charge in [0.1, 0.15) is 0 Å². The van der Waals surface area contributed by atoms with Crippen LogP contribution in [0, 0.1) is 0 Å². The summed E-state index contributed by atoms with van der Waals surface area (Å²) in [6.07, 6.45) is 6.60. The van der Waals surface area contributed by atoms with E-state index in [0.717, 1.165) is 13.2 Å². The van der Waals surface area contributed by atoms with Gasteiger partial charge in [-0.25, -0.2) is 0 Å². The van der Waals surface area contributed by atoms with Crippen molar-refractivity contribution in [3.05, 3.63) is 12.4 Å². The van der Waals surface area contributed by atoms with Gasteiger partial charge < -0.3 is 9.21 Å². The lowest BCUT2D eigenvalue weighted by molar-refractivity contribution is 0.342. The van der Waals surface area contributed by atoms with Gasteiger partial charge in [0.15, 0.2) is 0 Å². The molecule has 1 aliphatic rings. The first-order valence-corrected chi connectivity index (χ1v) is 4.11. The summed E-state index contributed by atoms with van der Waals surface area (Å²) in [7, 11) is 0. The molecule has 0 bridgehead atoms. The van der Waals surface area contributed by atoms with E-state index in [-0.39, 0.29) is 0 Å². The minimum atomic E-state index is 0.934. The summed E-state index contributed by atoms with van der Waals surface area (Å²) >= 11 is 4.18. The Morgan fingerprint density at radius 1 is 1.50 bits per heavy atom. The number of nitrogens with zero attached hydrogens (tertiary/aromatic N) is 2. The maximum absolute atomic E-state index is 4.18. The Balaban J connectivity index is 2.14. The van der Waals surface area contributed by atoms with E-state index >= 15 is 0 Å². The van der Waals surface area contributed by atoms with E-state index in [0.29, 0.717) is 0 Å². The monoisotopic (exact) mass is 158 g/mol. The van der Waals surface area contributed by atoms with Crippen LogP contribution in [0.25, 0.3) is 0 Å². The van der Waals surface area contributed by atoms with Gasteiger partial charge in [-0.3, -0.25) is 0 Å². The third-order valence-corrected chi connectivity index (χ3v) is 1.83. The van der Waals surface area contributed by atoms with E-state index in [1.165, 1.54) is 12.8 Å². The highest BCUT2D eigenvalue weighted by Gasteiger charge is 2.06. The molecule has 0 atom stereocenters. The summed E-state index contributed by atoms with van der Waals surface area (Å²) < 4.78 is 1.88. The normalized spacial score (nSPS) is 17.0. The van der Waals surface area contributed by atoms with Crippen LogP contribution in [0.1, 0.15) is 19.8 Å². The molecule has 0 radical (unpaired) electrons. The largest absolute Gasteiger partial charge is 0.358 e. The Morgan fingerprint density at radius 3 is 2.80 bits per heavy atom. The van der Waals surface area contributed by atoms with Crippen molar-refractivity contribution in [2.45, 2.75) is 19.8 Å². The van der Waals surface area contributed by atoms with Crippen molar-refractivity contribution in [2.24, 2.45) is 0 Å². The van der Waals surface area contributed by atoms with Gasteiger partial charge in [-0.1, -0.05) is 26.2 Å². The molecule has 10 heavy (non-hydrogen) atoms. The van der Waals surface area contributed by atoms with Gasteiger partial charge in [0.25, 0.3) is 0 Å². The lowest BCUT2D eigenvalue weighted by Crippen LogP contribution is -2.20. The highest BCUT2D eigenvalue weighted by molar-refractivity contribution is 7.77. The SMILES string of the molecule is CCCCN1C=CN(S)C1. The molecule has 0 N–H and O–H groups in total. The molecule has 0 aromatic rings. The first kappa shape index (κ1) is 7.79. The van der Waals surface area contributed by atoms with Gasteiger partial charge in [0, 0.05) is 18.9 Å². The van der Waals surface area contributed by atoms with Gasteiger partial charge in [-0.05, 0) is 6.42 Å². The van der Waals surface area contributed by atoms with Gasteiger partial charge in [0.2, 0.25) is 0 Å². The predicted octanol–water partition coefficient (Wildman–Crippen LogP) is 1.68. The zero-order chi connectivity index (χ0) is 7.40. The molecular formula is C7H14N2S. The maximum atomic E-state index is 4.18. The van der Waals surface area contributed by atoms with Crippen LogP contribution in [0.15, 0.2) is 12.4 Å². The summed E-state index contributed by atoms with van der Waals surface area (Å²) in [6, 6.07) is 0. The van der Waals surface area contributed by atoms with Crippen LogP contribution in [0.2, 0.25) is 0 Å². The Bertz CT molecular complexity index is 125. The predicted molar refractivity (Wildman–Crippen MR) is 46.4 cm³/mol. The highest BCUT2D eigenvalue weighted by atomic mass is 32.1.